The smallest absolute Gasteiger partial charge is 0.0720 e. The lowest BCUT2D eigenvalue weighted by Crippen LogP contribution is -2.15. The Balaban J connectivity index is 1.82. The molecule has 1 saturated carbocycles. The largest absolute Gasteiger partial charge is 0.373 e. The molecule has 0 aromatic heterocycles. The van der Waals surface area contributed by atoms with Gasteiger partial charge in [0, 0.05) is 0 Å². The molecule has 0 bridgehead atoms. The summed E-state index contributed by atoms with van der Waals surface area (Å²) in [5.41, 5.74) is 1.28. The van der Waals surface area contributed by atoms with Crippen LogP contribution in [0, 0.1) is 5.92 Å². The van der Waals surface area contributed by atoms with Crippen LogP contribution < -0.4 is 0 Å². The first-order chi connectivity index (χ1) is 6.86. The van der Waals surface area contributed by atoms with E-state index in [1.165, 1.54) is 24.8 Å². The molecular formula is C13H18O. The van der Waals surface area contributed by atoms with E-state index in [0.717, 1.165) is 12.5 Å². The van der Waals surface area contributed by atoms with E-state index in [4.69, 9.17) is 4.74 Å². The van der Waals surface area contributed by atoms with Gasteiger partial charge in [0.05, 0.1) is 12.7 Å². The summed E-state index contributed by atoms with van der Waals surface area (Å²) in [5.74, 6) is 0.749. The van der Waals surface area contributed by atoms with Gasteiger partial charge in [-0.1, -0.05) is 43.7 Å². The number of rotatable bonds is 3. The zero-order valence-electron chi connectivity index (χ0n) is 8.78. The molecule has 1 aromatic carbocycles. The maximum atomic E-state index is 5.90. The molecule has 0 unspecified atom stereocenters. The number of hydrogen-bond acceptors (Lipinski definition) is 1. The van der Waals surface area contributed by atoms with E-state index in [0.29, 0.717) is 6.10 Å². The van der Waals surface area contributed by atoms with Crippen molar-refractivity contribution in [3.63, 3.8) is 0 Å². The topological polar surface area (TPSA) is 9.23 Å². The monoisotopic (exact) mass is 190 g/mol. The number of benzene rings is 1. The van der Waals surface area contributed by atoms with Crippen molar-refractivity contribution >= 4 is 0 Å². The highest BCUT2D eigenvalue weighted by molar-refractivity contribution is 5.13. The molecule has 0 amide bonds. The van der Waals surface area contributed by atoms with Crippen LogP contribution in [0.2, 0.25) is 0 Å². The molecule has 0 aliphatic heterocycles. The van der Waals surface area contributed by atoms with Crippen LogP contribution in [0.3, 0.4) is 0 Å². The van der Waals surface area contributed by atoms with Crippen molar-refractivity contribution in [1.29, 1.82) is 0 Å². The Morgan fingerprint density at radius 2 is 2.00 bits per heavy atom. The van der Waals surface area contributed by atoms with Crippen LogP contribution in [0.5, 0.6) is 0 Å². The maximum Gasteiger partial charge on any atom is 0.0720 e. The van der Waals surface area contributed by atoms with Gasteiger partial charge in [0.15, 0.2) is 0 Å². The van der Waals surface area contributed by atoms with E-state index in [2.05, 4.69) is 31.2 Å². The second-order valence-corrected chi connectivity index (χ2v) is 4.24. The first-order valence-corrected chi connectivity index (χ1v) is 5.52. The molecule has 0 spiro atoms. The minimum atomic E-state index is 0.496. The molecule has 1 nitrogen and oxygen atoms in total. The molecule has 0 heterocycles. The van der Waals surface area contributed by atoms with Crippen LogP contribution in [0.25, 0.3) is 0 Å². The Bertz CT molecular complexity index is 268. The third kappa shape index (κ3) is 2.36. The molecule has 0 radical (unpaired) electrons. The molecule has 1 heteroatoms. The van der Waals surface area contributed by atoms with Crippen molar-refractivity contribution in [2.45, 2.75) is 38.9 Å². The predicted octanol–water partition coefficient (Wildman–Crippen LogP) is 3.39. The van der Waals surface area contributed by atoms with E-state index < -0.39 is 0 Å². The molecule has 1 fully saturated rings. The predicted molar refractivity (Wildman–Crippen MR) is 58.0 cm³/mol. The van der Waals surface area contributed by atoms with Gasteiger partial charge in [-0.3, -0.25) is 0 Å². The Morgan fingerprint density at radius 1 is 1.21 bits per heavy atom. The minimum absolute atomic E-state index is 0.496. The number of ether oxygens (including phenoxy) is 1. The summed E-state index contributed by atoms with van der Waals surface area (Å²) >= 11 is 0. The van der Waals surface area contributed by atoms with Crippen LogP contribution >= 0.6 is 0 Å². The zero-order chi connectivity index (χ0) is 9.80. The summed E-state index contributed by atoms with van der Waals surface area (Å²) in [4.78, 5) is 0. The Morgan fingerprint density at radius 3 is 2.64 bits per heavy atom. The fraction of sp³-hybridized carbons (Fsp3) is 0.538. The molecule has 0 saturated heterocycles. The first-order valence-electron chi connectivity index (χ1n) is 5.52. The maximum absolute atomic E-state index is 5.90. The van der Waals surface area contributed by atoms with Gasteiger partial charge in [-0.05, 0) is 24.3 Å². The fourth-order valence-electron chi connectivity index (χ4n) is 2.14. The lowest BCUT2D eigenvalue weighted by atomic mass is 10.1. The second kappa shape index (κ2) is 4.61. The molecule has 14 heavy (non-hydrogen) atoms. The van der Waals surface area contributed by atoms with Gasteiger partial charge in [-0.25, -0.2) is 0 Å². The van der Waals surface area contributed by atoms with Gasteiger partial charge in [0.2, 0.25) is 0 Å². The number of hydrogen-bond donors (Lipinski definition) is 0. The average molecular weight is 190 g/mol. The molecule has 1 aliphatic rings. The summed E-state index contributed by atoms with van der Waals surface area (Å²) in [7, 11) is 0. The highest BCUT2D eigenvalue weighted by Crippen LogP contribution is 2.28. The molecule has 2 atom stereocenters. The summed E-state index contributed by atoms with van der Waals surface area (Å²) in [6.45, 7) is 3.07. The van der Waals surface area contributed by atoms with E-state index in [1.807, 2.05) is 6.07 Å². The SMILES string of the molecule is C[C@@H]1CCC[C@@H]1OCc1ccccc1. The molecule has 1 aliphatic carbocycles. The van der Waals surface area contributed by atoms with Gasteiger partial charge in [-0.2, -0.15) is 0 Å². The van der Waals surface area contributed by atoms with Crippen molar-refractivity contribution in [2.75, 3.05) is 0 Å². The third-order valence-electron chi connectivity index (χ3n) is 3.09. The highest BCUT2D eigenvalue weighted by atomic mass is 16.5. The van der Waals surface area contributed by atoms with Crippen molar-refractivity contribution in [1.82, 2.24) is 0 Å². The van der Waals surface area contributed by atoms with E-state index >= 15 is 0 Å². The van der Waals surface area contributed by atoms with E-state index in [1.54, 1.807) is 0 Å². The Hall–Kier alpha value is -0.820. The molecule has 76 valence electrons. The van der Waals surface area contributed by atoms with Gasteiger partial charge in [-0.15, -0.1) is 0 Å². The molecular weight excluding hydrogens is 172 g/mol. The van der Waals surface area contributed by atoms with Crippen LogP contribution in [-0.2, 0) is 11.3 Å². The quantitative estimate of drug-likeness (QED) is 0.710. The van der Waals surface area contributed by atoms with Crippen LogP contribution in [0.1, 0.15) is 31.7 Å². The van der Waals surface area contributed by atoms with E-state index in [-0.39, 0.29) is 0 Å². The van der Waals surface area contributed by atoms with Crippen LogP contribution in [-0.4, -0.2) is 6.10 Å². The zero-order valence-corrected chi connectivity index (χ0v) is 8.78. The molecule has 1 aromatic rings. The van der Waals surface area contributed by atoms with Crippen LogP contribution in [0.4, 0.5) is 0 Å². The van der Waals surface area contributed by atoms with Gasteiger partial charge in [0.25, 0.3) is 0 Å². The lowest BCUT2D eigenvalue weighted by molar-refractivity contribution is 0.0207. The standard InChI is InChI=1S/C13H18O/c1-11-6-5-9-13(11)14-10-12-7-3-2-4-8-12/h2-4,7-8,11,13H,5-6,9-10H2,1H3/t11-,13+/m1/s1. The van der Waals surface area contributed by atoms with Crippen molar-refractivity contribution < 1.29 is 4.74 Å². The second-order valence-electron chi connectivity index (χ2n) is 4.24. The summed E-state index contributed by atoms with van der Waals surface area (Å²) in [6.07, 6.45) is 4.41. The lowest BCUT2D eigenvalue weighted by Gasteiger charge is -2.16. The Labute approximate surface area is 86.1 Å². The van der Waals surface area contributed by atoms with Crippen molar-refractivity contribution in [3.8, 4) is 0 Å². The summed E-state index contributed by atoms with van der Waals surface area (Å²) < 4.78 is 5.90. The minimum Gasteiger partial charge on any atom is -0.373 e. The third-order valence-corrected chi connectivity index (χ3v) is 3.09. The highest BCUT2D eigenvalue weighted by Gasteiger charge is 2.23. The van der Waals surface area contributed by atoms with Gasteiger partial charge < -0.3 is 4.74 Å². The van der Waals surface area contributed by atoms with Crippen molar-refractivity contribution in [3.05, 3.63) is 35.9 Å². The van der Waals surface area contributed by atoms with Crippen molar-refractivity contribution in [2.24, 2.45) is 5.92 Å². The van der Waals surface area contributed by atoms with Crippen LogP contribution in [0.15, 0.2) is 30.3 Å². The first kappa shape index (κ1) is 9.72. The van der Waals surface area contributed by atoms with E-state index in [9.17, 15) is 0 Å². The van der Waals surface area contributed by atoms with Gasteiger partial charge in [0.1, 0.15) is 0 Å². The molecule has 2 rings (SSSR count). The molecule has 0 N–H and O–H groups in total. The fourth-order valence-corrected chi connectivity index (χ4v) is 2.14. The average Bonchev–Trinajstić information content (AvgIpc) is 2.63. The normalized spacial score (nSPS) is 26.6. The Kier molecular flexibility index (Phi) is 3.20. The van der Waals surface area contributed by atoms with Gasteiger partial charge >= 0.3 is 0 Å². The summed E-state index contributed by atoms with van der Waals surface area (Å²) in [6, 6.07) is 10.4. The summed E-state index contributed by atoms with van der Waals surface area (Å²) in [5, 5.41) is 0.